The maximum atomic E-state index is 11.6. The van der Waals surface area contributed by atoms with Crippen molar-refractivity contribution in [3.8, 4) is 0 Å². The van der Waals surface area contributed by atoms with E-state index in [0.717, 1.165) is 12.8 Å². The fourth-order valence-corrected chi connectivity index (χ4v) is 1.37. The number of carbonyl (C=O) groups excluding carboxylic acids is 1. The number of hydrogen-bond acceptors (Lipinski definition) is 3. The van der Waals surface area contributed by atoms with Gasteiger partial charge < -0.3 is 20.1 Å². The summed E-state index contributed by atoms with van der Waals surface area (Å²) in [4.78, 5) is 23.6. The standard InChI is InChI=1S/C10H18N2O4/c1-16-5-4-11-10(15)12(7-9(13)14)6-8-2-3-8/h8H,2-7H2,1H3,(H,11,15)(H,13,14). The van der Waals surface area contributed by atoms with Crippen LogP contribution in [0.1, 0.15) is 12.8 Å². The maximum Gasteiger partial charge on any atom is 0.323 e. The largest absolute Gasteiger partial charge is 0.480 e. The monoisotopic (exact) mass is 230 g/mol. The number of ether oxygens (including phenoxy) is 1. The number of rotatable bonds is 7. The number of carboxylic acid groups (broad SMARTS) is 1. The third kappa shape index (κ3) is 4.97. The molecule has 6 heteroatoms. The Morgan fingerprint density at radius 2 is 2.19 bits per heavy atom. The molecule has 0 heterocycles. The SMILES string of the molecule is COCCNC(=O)N(CC(=O)O)CC1CC1. The lowest BCUT2D eigenvalue weighted by Gasteiger charge is -2.20. The van der Waals surface area contributed by atoms with Crippen molar-refractivity contribution in [3.05, 3.63) is 0 Å². The summed E-state index contributed by atoms with van der Waals surface area (Å²) in [5.74, 6) is -0.505. The molecule has 0 spiro atoms. The van der Waals surface area contributed by atoms with Crippen LogP contribution in [0.25, 0.3) is 0 Å². The first kappa shape index (κ1) is 12.8. The van der Waals surface area contributed by atoms with Crippen molar-refractivity contribution in [3.63, 3.8) is 0 Å². The van der Waals surface area contributed by atoms with E-state index in [-0.39, 0.29) is 12.6 Å². The quantitative estimate of drug-likeness (QED) is 0.610. The molecule has 1 fully saturated rings. The zero-order valence-corrected chi connectivity index (χ0v) is 9.44. The average Bonchev–Trinajstić information content (AvgIpc) is 3.00. The van der Waals surface area contributed by atoms with Gasteiger partial charge in [0.15, 0.2) is 0 Å². The van der Waals surface area contributed by atoms with Crippen LogP contribution in [0.2, 0.25) is 0 Å². The Bertz CT molecular complexity index is 253. The summed E-state index contributed by atoms with van der Waals surface area (Å²) in [5, 5.41) is 11.3. The van der Waals surface area contributed by atoms with E-state index in [4.69, 9.17) is 9.84 Å². The van der Waals surface area contributed by atoms with Crippen molar-refractivity contribution >= 4 is 12.0 Å². The van der Waals surface area contributed by atoms with Gasteiger partial charge in [0, 0.05) is 20.2 Å². The number of aliphatic carboxylic acids is 1. The van der Waals surface area contributed by atoms with Crippen molar-refractivity contribution in [2.45, 2.75) is 12.8 Å². The molecule has 1 aliphatic rings. The molecule has 0 aromatic heterocycles. The molecule has 2 amide bonds. The molecule has 16 heavy (non-hydrogen) atoms. The third-order valence-corrected chi connectivity index (χ3v) is 2.37. The molecule has 0 radical (unpaired) electrons. The number of methoxy groups -OCH3 is 1. The van der Waals surface area contributed by atoms with Crippen LogP contribution in [0.15, 0.2) is 0 Å². The van der Waals surface area contributed by atoms with Crippen molar-refractivity contribution in [2.75, 3.05) is 33.4 Å². The highest BCUT2D eigenvalue weighted by Gasteiger charge is 2.27. The van der Waals surface area contributed by atoms with Gasteiger partial charge in [0.25, 0.3) is 0 Å². The van der Waals surface area contributed by atoms with E-state index < -0.39 is 5.97 Å². The summed E-state index contributed by atoms with van der Waals surface area (Å²) in [5.41, 5.74) is 0. The highest BCUT2D eigenvalue weighted by Crippen LogP contribution is 2.29. The minimum Gasteiger partial charge on any atom is -0.480 e. The molecule has 0 aromatic rings. The fraction of sp³-hybridized carbons (Fsp3) is 0.800. The first-order valence-electron chi connectivity index (χ1n) is 5.37. The van der Waals surface area contributed by atoms with E-state index in [0.29, 0.717) is 25.6 Å². The molecule has 0 aromatic carbocycles. The van der Waals surface area contributed by atoms with Crippen molar-refractivity contribution < 1.29 is 19.4 Å². The summed E-state index contributed by atoms with van der Waals surface area (Å²) in [7, 11) is 1.55. The Labute approximate surface area is 94.6 Å². The molecule has 92 valence electrons. The number of hydrogen-bond donors (Lipinski definition) is 2. The molecular weight excluding hydrogens is 212 g/mol. The van der Waals surface area contributed by atoms with Gasteiger partial charge in [0.2, 0.25) is 0 Å². The van der Waals surface area contributed by atoms with Gasteiger partial charge in [0.1, 0.15) is 6.54 Å². The first-order chi connectivity index (χ1) is 7.63. The molecule has 6 nitrogen and oxygen atoms in total. The van der Waals surface area contributed by atoms with Crippen LogP contribution in [0.3, 0.4) is 0 Å². The van der Waals surface area contributed by atoms with E-state index in [1.807, 2.05) is 0 Å². The number of urea groups is 1. The van der Waals surface area contributed by atoms with Crippen molar-refractivity contribution in [1.29, 1.82) is 0 Å². The number of carboxylic acids is 1. The number of amides is 2. The zero-order valence-electron chi connectivity index (χ0n) is 9.44. The third-order valence-electron chi connectivity index (χ3n) is 2.37. The van der Waals surface area contributed by atoms with E-state index in [2.05, 4.69) is 5.32 Å². The predicted molar refractivity (Wildman–Crippen MR) is 57.2 cm³/mol. The van der Waals surface area contributed by atoms with Crippen LogP contribution in [-0.2, 0) is 9.53 Å². The van der Waals surface area contributed by atoms with E-state index in [9.17, 15) is 9.59 Å². The summed E-state index contributed by atoms with van der Waals surface area (Å²) < 4.78 is 4.80. The minimum atomic E-state index is -0.984. The lowest BCUT2D eigenvalue weighted by atomic mass is 10.3. The molecular formula is C10H18N2O4. The van der Waals surface area contributed by atoms with E-state index in [1.54, 1.807) is 7.11 Å². The van der Waals surface area contributed by atoms with E-state index in [1.165, 1.54) is 4.90 Å². The number of nitrogens with zero attached hydrogens (tertiary/aromatic N) is 1. The predicted octanol–water partition coefficient (Wildman–Crippen LogP) is 0.139. The smallest absolute Gasteiger partial charge is 0.323 e. The zero-order chi connectivity index (χ0) is 12.0. The second-order valence-corrected chi connectivity index (χ2v) is 3.94. The van der Waals surface area contributed by atoms with Gasteiger partial charge in [-0.15, -0.1) is 0 Å². The molecule has 1 saturated carbocycles. The molecule has 2 N–H and O–H groups in total. The van der Waals surface area contributed by atoms with Crippen LogP contribution >= 0.6 is 0 Å². The summed E-state index contributed by atoms with van der Waals surface area (Å²) in [6, 6.07) is -0.327. The second kappa shape index (κ2) is 6.32. The lowest BCUT2D eigenvalue weighted by Crippen LogP contribution is -2.44. The van der Waals surface area contributed by atoms with Crippen LogP contribution in [0.4, 0.5) is 4.79 Å². The summed E-state index contributed by atoms with van der Waals surface area (Å²) in [6.07, 6.45) is 2.17. The fourth-order valence-electron chi connectivity index (χ4n) is 1.37. The van der Waals surface area contributed by atoms with Gasteiger partial charge in [-0.05, 0) is 18.8 Å². The minimum absolute atomic E-state index is 0.241. The molecule has 0 aliphatic heterocycles. The van der Waals surface area contributed by atoms with Gasteiger partial charge in [-0.2, -0.15) is 0 Å². The van der Waals surface area contributed by atoms with Crippen molar-refractivity contribution in [1.82, 2.24) is 10.2 Å². The molecule has 1 aliphatic carbocycles. The van der Waals surface area contributed by atoms with Gasteiger partial charge in [-0.3, -0.25) is 4.79 Å². The Morgan fingerprint density at radius 1 is 1.50 bits per heavy atom. The topological polar surface area (TPSA) is 78.9 Å². The Hall–Kier alpha value is -1.30. The van der Waals surface area contributed by atoms with Gasteiger partial charge in [-0.1, -0.05) is 0 Å². The molecule has 0 unspecified atom stereocenters. The van der Waals surface area contributed by atoms with Gasteiger partial charge in [0.05, 0.1) is 6.61 Å². The Balaban J connectivity index is 2.33. The van der Waals surface area contributed by atoms with Crippen LogP contribution in [0.5, 0.6) is 0 Å². The van der Waals surface area contributed by atoms with Gasteiger partial charge in [-0.25, -0.2) is 4.79 Å². The average molecular weight is 230 g/mol. The summed E-state index contributed by atoms with van der Waals surface area (Å²) in [6.45, 7) is 1.12. The normalized spacial score (nSPS) is 14.6. The van der Waals surface area contributed by atoms with Crippen molar-refractivity contribution in [2.24, 2.45) is 5.92 Å². The summed E-state index contributed by atoms with van der Waals surface area (Å²) >= 11 is 0. The van der Waals surface area contributed by atoms with Crippen LogP contribution in [-0.4, -0.2) is 55.4 Å². The lowest BCUT2D eigenvalue weighted by molar-refractivity contribution is -0.137. The van der Waals surface area contributed by atoms with E-state index >= 15 is 0 Å². The maximum absolute atomic E-state index is 11.6. The Morgan fingerprint density at radius 3 is 2.69 bits per heavy atom. The molecule has 0 saturated heterocycles. The first-order valence-corrected chi connectivity index (χ1v) is 5.37. The highest BCUT2D eigenvalue weighted by atomic mass is 16.5. The molecule has 1 rings (SSSR count). The molecule has 0 atom stereocenters. The second-order valence-electron chi connectivity index (χ2n) is 3.94. The van der Waals surface area contributed by atoms with Gasteiger partial charge >= 0.3 is 12.0 Å². The van der Waals surface area contributed by atoms with Crippen LogP contribution < -0.4 is 5.32 Å². The Kier molecular flexibility index (Phi) is 5.04. The molecule has 0 bridgehead atoms. The highest BCUT2D eigenvalue weighted by molar-refractivity contribution is 5.80. The number of nitrogens with one attached hydrogen (secondary N) is 1. The van der Waals surface area contributed by atoms with Crippen LogP contribution in [0, 0.1) is 5.92 Å². The number of carbonyl (C=O) groups is 2.